The van der Waals surface area contributed by atoms with Gasteiger partial charge in [-0.15, -0.1) is 0 Å². The number of rotatable bonds is 5. The molecule has 1 aliphatic carbocycles. The average molecular weight is 357 g/mol. The van der Waals surface area contributed by atoms with Crippen molar-refractivity contribution in [2.45, 2.75) is 77.3 Å². The summed E-state index contributed by atoms with van der Waals surface area (Å²) in [4.78, 5) is 27.3. The number of likely N-dealkylation sites (tertiary alicyclic amines) is 1. The molecule has 4 heteroatoms. The Morgan fingerprint density at radius 3 is 2.50 bits per heavy atom. The topological polar surface area (TPSA) is 49.4 Å². The minimum atomic E-state index is -0.704. The Balaban J connectivity index is 1.62. The first-order chi connectivity index (χ1) is 12.4. The molecule has 0 unspecified atom stereocenters. The van der Waals surface area contributed by atoms with Crippen LogP contribution in [-0.2, 0) is 16.0 Å². The lowest BCUT2D eigenvalue weighted by Gasteiger charge is -2.36. The summed E-state index contributed by atoms with van der Waals surface area (Å²) in [6, 6.07) is 8.67. The number of amides is 2. The van der Waals surface area contributed by atoms with Gasteiger partial charge in [-0.25, -0.2) is 0 Å². The number of benzene rings is 1. The maximum absolute atomic E-state index is 13.0. The molecule has 26 heavy (non-hydrogen) atoms. The third-order valence-corrected chi connectivity index (χ3v) is 6.31. The fraction of sp³-hybridized carbons (Fsp3) is 0.636. The Bertz CT molecular complexity index is 647. The van der Waals surface area contributed by atoms with Gasteiger partial charge in [-0.2, -0.15) is 0 Å². The van der Waals surface area contributed by atoms with Crippen molar-refractivity contribution in [3.63, 3.8) is 0 Å². The molecular weight excluding hydrogens is 324 g/mol. The van der Waals surface area contributed by atoms with E-state index >= 15 is 0 Å². The molecule has 3 rings (SSSR count). The van der Waals surface area contributed by atoms with Gasteiger partial charge in [0.05, 0.1) is 0 Å². The molecule has 1 atom stereocenters. The lowest BCUT2D eigenvalue weighted by atomic mass is 9.86. The van der Waals surface area contributed by atoms with E-state index in [9.17, 15) is 9.59 Å². The normalized spacial score (nSPS) is 29.0. The van der Waals surface area contributed by atoms with Gasteiger partial charge in [0.2, 0.25) is 11.8 Å². The standard InChI is InChI=1S/C22H32N2O2/c1-16-4-8-18(9-5-16)13-15-24-20(25)12-14-22(24,3)21(26)23-19-10-6-17(2)7-11-19/h4-5,8-9,17,19H,6-7,10-15H2,1-3H3,(H,23,26)/t17?,19?,22-/m0/s1. The van der Waals surface area contributed by atoms with Crippen LogP contribution in [0.3, 0.4) is 0 Å². The quantitative estimate of drug-likeness (QED) is 0.876. The molecule has 2 aliphatic rings. The Labute approximate surface area is 157 Å². The second-order valence-corrected chi connectivity index (χ2v) is 8.49. The van der Waals surface area contributed by atoms with Gasteiger partial charge >= 0.3 is 0 Å². The Kier molecular flexibility index (Phi) is 5.69. The Morgan fingerprint density at radius 2 is 1.85 bits per heavy atom. The van der Waals surface area contributed by atoms with E-state index in [1.807, 2.05) is 11.8 Å². The molecule has 2 fully saturated rings. The summed E-state index contributed by atoms with van der Waals surface area (Å²) < 4.78 is 0. The summed E-state index contributed by atoms with van der Waals surface area (Å²) in [5, 5.41) is 3.25. The average Bonchev–Trinajstić information content (AvgIpc) is 2.92. The molecule has 2 amide bonds. The van der Waals surface area contributed by atoms with Crippen LogP contribution in [0.1, 0.15) is 63.5 Å². The first-order valence-corrected chi connectivity index (χ1v) is 10.1. The van der Waals surface area contributed by atoms with Crippen LogP contribution in [0.25, 0.3) is 0 Å². The zero-order valence-electron chi connectivity index (χ0n) is 16.4. The fourth-order valence-corrected chi connectivity index (χ4v) is 4.24. The van der Waals surface area contributed by atoms with Gasteiger partial charge in [0.25, 0.3) is 0 Å². The summed E-state index contributed by atoms with van der Waals surface area (Å²) in [5.74, 6) is 0.900. The smallest absolute Gasteiger partial charge is 0.245 e. The van der Waals surface area contributed by atoms with Crippen molar-refractivity contribution >= 4 is 11.8 Å². The molecule has 1 saturated carbocycles. The number of hydrogen-bond donors (Lipinski definition) is 1. The molecule has 142 valence electrons. The van der Waals surface area contributed by atoms with Gasteiger partial charge in [-0.3, -0.25) is 9.59 Å². The van der Waals surface area contributed by atoms with E-state index in [1.54, 1.807) is 0 Å². The van der Waals surface area contributed by atoms with Gasteiger partial charge in [0.1, 0.15) is 5.54 Å². The number of nitrogens with zero attached hydrogens (tertiary/aromatic N) is 1. The highest BCUT2D eigenvalue weighted by Crippen LogP contribution is 2.32. The van der Waals surface area contributed by atoms with Crippen LogP contribution in [0, 0.1) is 12.8 Å². The second kappa shape index (κ2) is 7.81. The van der Waals surface area contributed by atoms with E-state index in [-0.39, 0.29) is 17.9 Å². The van der Waals surface area contributed by atoms with Gasteiger partial charge in [0.15, 0.2) is 0 Å². The minimum absolute atomic E-state index is 0.0341. The van der Waals surface area contributed by atoms with Crippen molar-refractivity contribution in [2.75, 3.05) is 6.54 Å². The zero-order valence-corrected chi connectivity index (χ0v) is 16.4. The molecule has 1 N–H and O–H groups in total. The van der Waals surface area contributed by atoms with Crippen molar-refractivity contribution < 1.29 is 9.59 Å². The molecule has 1 heterocycles. The van der Waals surface area contributed by atoms with Crippen LogP contribution in [0.2, 0.25) is 0 Å². The van der Waals surface area contributed by atoms with Crippen molar-refractivity contribution in [1.82, 2.24) is 10.2 Å². The van der Waals surface area contributed by atoms with Gasteiger partial charge in [-0.05, 0) is 63.9 Å². The van der Waals surface area contributed by atoms with E-state index in [0.717, 1.165) is 25.2 Å². The van der Waals surface area contributed by atoms with Crippen LogP contribution < -0.4 is 5.32 Å². The first-order valence-electron chi connectivity index (χ1n) is 10.1. The summed E-state index contributed by atoms with van der Waals surface area (Å²) in [6.45, 7) is 6.89. The summed E-state index contributed by atoms with van der Waals surface area (Å²) in [6.07, 6.45) is 6.35. The molecule has 0 aromatic heterocycles. The molecule has 4 nitrogen and oxygen atoms in total. The van der Waals surface area contributed by atoms with E-state index in [1.165, 1.54) is 24.0 Å². The van der Waals surface area contributed by atoms with Gasteiger partial charge in [0, 0.05) is 19.0 Å². The van der Waals surface area contributed by atoms with Gasteiger partial charge < -0.3 is 10.2 Å². The van der Waals surface area contributed by atoms with Crippen LogP contribution in [-0.4, -0.2) is 34.8 Å². The summed E-state index contributed by atoms with van der Waals surface area (Å²) in [5.41, 5.74) is 1.74. The van der Waals surface area contributed by atoms with E-state index in [0.29, 0.717) is 19.4 Å². The molecule has 0 radical (unpaired) electrons. The zero-order chi connectivity index (χ0) is 18.7. The summed E-state index contributed by atoms with van der Waals surface area (Å²) >= 11 is 0. The molecule has 0 spiro atoms. The maximum Gasteiger partial charge on any atom is 0.245 e. The largest absolute Gasteiger partial charge is 0.351 e. The molecule has 1 aromatic carbocycles. The second-order valence-electron chi connectivity index (χ2n) is 8.49. The van der Waals surface area contributed by atoms with Crippen LogP contribution in [0.15, 0.2) is 24.3 Å². The van der Waals surface area contributed by atoms with E-state index in [2.05, 4.69) is 43.4 Å². The third kappa shape index (κ3) is 4.11. The predicted octanol–water partition coefficient (Wildman–Crippen LogP) is 3.61. The molecule has 1 aromatic rings. The van der Waals surface area contributed by atoms with Crippen molar-refractivity contribution in [3.05, 3.63) is 35.4 Å². The monoisotopic (exact) mass is 356 g/mol. The predicted molar refractivity (Wildman–Crippen MR) is 104 cm³/mol. The van der Waals surface area contributed by atoms with Crippen LogP contribution in [0.5, 0.6) is 0 Å². The Morgan fingerprint density at radius 1 is 1.19 bits per heavy atom. The molecule has 1 aliphatic heterocycles. The third-order valence-electron chi connectivity index (χ3n) is 6.31. The van der Waals surface area contributed by atoms with Crippen molar-refractivity contribution in [2.24, 2.45) is 5.92 Å². The highest BCUT2D eigenvalue weighted by atomic mass is 16.2. The maximum atomic E-state index is 13.0. The van der Waals surface area contributed by atoms with Crippen molar-refractivity contribution in [3.8, 4) is 0 Å². The highest BCUT2D eigenvalue weighted by Gasteiger charge is 2.47. The van der Waals surface area contributed by atoms with E-state index < -0.39 is 5.54 Å². The Hall–Kier alpha value is -1.84. The van der Waals surface area contributed by atoms with Gasteiger partial charge in [-0.1, -0.05) is 36.8 Å². The molecular formula is C22H32N2O2. The van der Waals surface area contributed by atoms with Crippen molar-refractivity contribution in [1.29, 1.82) is 0 Å². The highest BCUT2D eigenvalue weighted by molar-refractivity contribution is 5.94. The molecule has 0 bridgehead atoms. The SMILES string of the molecule is Cc1ccc(CCN2C(=O)CC[C@@]2(C)C(=O)NC2CCC(C)CC2)cc1. The van der Waals surface area contributed by atoms with Crippen LogP contribution >= 0.6 is 0 Å². The number of carbonyl (C=O) groups excluding carboxylic acids is 2. The lowest BCUT2D eigenvalue weighted by molar-refractivity contribution is -0.141. The summed E-state index contributed by atoms with van der Waals surface area (Å²) in [7, 11) is 0. The fourth-order valence-electron chi connectivity index (χ4n) is 4.24. The van der Waals surface area contributed by atoms with E-state index in [4.69, 9.17) is 0 Å². The number of nitrogens with one attached hydrogen (secondary N) is 1. The number of carbonyl (C=O) groups is 2. The first kappa shape index (κ1) is 18.9. The minimum Gasteiger partial charge on any atom is -0.351 e. The number of aryl methyl sites for hydroxylation is 1. The lowest BCUT2D eigenvalue weighted by Crippen LogP contribution is -2.57. The van der Waals surface area contributed by atoms with Crippen LogP contribution in [0.4, 0.5) is 0 Å². The molecule has 1 saturated heterocycles. The number of hydrogen-bond acceptors (Lipinski definition) is 2.